The Bertz CT molecular complexity index is 682. The lowest BCUT2D eigenvalue weighted by molar-refractivity contribution is 0.102. The quantitative estimate of drug-likeness (QED) is 0.870. The van der Waals surface area contributed by atoms with E-state index in [-0.39, 0.29) is 21.6 Å². The molecule has 0 saturated heterocycles. The van der Waals surface area contributed by atoms with E-state index in [4.69, 9.17) is 23.2 Å². The molecule has 0 aromatic heterocycles. The molecule has 0 unspecified atom stereocenters. The Hall–Kier alpha value is -2.24. The Kier molecular flexibility index (Phi) is 5.25. The first-order valence-corrected chi connectivity index (χ1v) is 6.97. The minimum Gasteiger partial charge on any atom is -0.453 e. The third-order valence-electron chi connectivity index (χ3n) is 2.75. The van der Waals surface area contributed by atoms with Gasteiger partial charge >= 0.3 is 6.09 Å². The third kappa shape index (κ3) is 3.90. The van der Waals surface area contributed by atoms with Gasteiger partial charge in [-0.05, 0) is 24.3 Å². The summed E-state index contributed by atoms with van der Waals surface area (Å²) in [5, 5.41) is 5.48. The van der Waals surface area contributed by atoms with Crippen molar-refractivity contribution >= 4 is 46.6 Å². The molecule has 0 heterocycles. The van der Waals surface area contributed by atoms with Crippen LogP contribution in [-0.2, 0) is 4.74 Å². The van der Waals surface area contributed by atoms with Gasteiger partial charge in [-0.15, -0.1) is 0 Å². The van der Waals surface area contributed by atoms with E-state index < -0.39 is 6.09 Å². The zero-order chi connectivity index (χ0) is 16.1. The molecule has 22 heavy (non-hydrogen) atoms. The van der Waals surface area contributed by atoms with E-state index in [0.29, 0.717) is 11.3 Å². The number of nitrogens with one attached hydrogen (secondary N) is 2. The van der Waals surface area contributed by atoms with Gasteiger partial charge in [0.25, 0.3) is 5.91 Å². The number of ether oxygens (including phenoxy) is 1. The van der Waals surface area contributed by atoms with Crippen molar-refractivity contribution in [3.05, 3.63) is 58.1 Å². The van der Waals surface area contributed by atoms with Gasteiger partial charge in [-0.3, -0.25) is 10.1 Å². The maximum atomic E-state index is 12.1. The van der Waals surface area contributed by atoms with E-state index in [1.54, 1.807) is 24.3 Å². The lowest BCUT2D eigenvalue weighted by Crippen LogP contribution is -2.14. The molecule has 2 rings (SSSR count). The maximum Gasteiger partial charge on any atom is 0.411 e. The minimum absolute atomic E-state index is 0.197. The van der Waals surface area contributed by atoms with Crippen molar-refractivity contribution < 1.29 is 14.3 Å². The molecule has 2 N–H and O–H groups in total. The van der Waals surface area contributed by atoms with Crippen molar-refractivity contribution in [3.63, 3.8) is 0 Å². The third-order valence-corrected chi connectivity index (χ3v) is 3.34. The summed E-state index contributed by atoms with van der Waals surface area (Å²) in [4.78, 5) is 23.3. The molecular formula is C15H12Cl2N2O3. The van der Waals surface area contributed by atoms with Crippen LogP contribution in [0.1, 0.15) is 10.4 Å². The summed E-state index contributed by atoms with van der Waals surface area (Å²) >= 11 is 12.2. The molecule has 0 fully saturated rings. The van der Waals surface area contributed by atoms with Crippen LogP contribution in [-0.4, -0.2) is 19.1 Å². The molecule has 2 amide bonds. The first kappa shape index (κ1) is 16.1. The topological polar surface area (TPSA) is 67.4 Å². The van der Waals surface area contributed by atoms with Crippen LogP contribution in [0.3, 0.4) is 0 Å². The number of hydrogen-bond donors (Lipinski definition) is 2. The summed E-state index contributed by atoms with van der Waals surface area (Å²) in [5.74, 6) is -0.335. The highest BCUT2D eigenvalue weighted by Gasteiger charge is 2.14. The lowest BCUT2D eigenvalue weighted by Gasteiger charge is -2.12. The van der Waals surface area contributed by atoms with Gasteiger partial charge in [0.1, 0.15) is 0 Å². The molecule has 0 saturated carbocycles. The number of anilines is 2. The maximum absolute atomic E-state index is 12.1. The van der Waals surface area contributed by atoms with E-state index in [2.05, 4.69) is 15.4 Å². The van der Waals surface area contributed by atoms with Crippen molar-refractivity contribution in [3.8, 4) is 0 Å². The van der Waals surface area contributed by atoms with Crippen LogP contribution in [0.4, 0.5) is 16.2 Å². The first-order valence-electron chi connectivity index (χ1n) is 6.21. The molecule has 7 heteroatoms. The standard InChI is InChI=1S/C15H12Cl2N2O3/c1-22-15(21)18-10-7-11(16)13(12(17)8-10)19-14(20)9-5-3-2-4-6-9/h2-8H,1H3,(H,18,21)(H,19,20). The molecule has 114 valence electrons. The molecule has 0 radical (unpaired) electrons. The van der Waals surface area contributed by atoms with E-state index in [9.17, 15) is 9.59 Å². The molecule has 0 bridgehead atoms. The fourth-order valence-corrected chi connectivity index (χ4v) is 2.29. The summed E-state index contributed by atoms with van der Waals surface area (Å²) < 4.78 is 4.48. The smallest absolute Gasteiger partial charge is 0.411 e. The monoisotopic (exact) mass is 338 g/mol. The second-order valence-electron chi connectivity index (χ2n) is 4.25. The van der Waals surface area contributed by atoms with E-state index in [1.807, 2.05) is 6.07 Å². The fraction of sp³-hybridized carbons (Fsp3) is 0.0667. The summed E-state index contributed by atoms with van der Waals surface area (Å²) in [5.41, 5.74) is 1.11. The molecule has 5 nitrogen and oxygen atoms in total. The zero-order valence-electron chi connectivity index (χ0n) is 11.5. The number of benzene rings is 2. The Morgan fingerprint density at radius 2 is 1.59 bits per heavy atom. The summed E-state index contributed by atoms with van der Waals surface area (Å²) in [6.45, 7) is 0. The van der Waals surface area contributed by atoms with Crippen LogP contribution in [0.5, 0.6) is 0 Å². The normalized spacial score (nSPS) is 9.95. The lowest BCUT2D eigenvalue weighted by atomic mass is 10.2. The Balaban J connectivity index is 2.22. The zero-order valence-corrected chi connectivity index (χ0v) is 13.0. The van der Waals surface area contributed by atoms with Crippen molar-refractivity contribution in [2.75, 3.05) is 17.7 Å². The van der Waals surface area contributed by atoms with E-state index >= 15 is 0 Å². The van der Waals surface area contributed by atoms with E-state index in [0.717, 1.165) is 0 Å². The number of carbonyl (C=O) groups excluding carboxylic acids is 2. The molecule has 2 aromatic rings. The van der Waals surface area contributed by atoms with Crippen LogP contribution in [0, 0.1) is 0 Å². The van der Waals surface area contributed by atoms with Crippen molar-refractivity contribution in [2.24, 2.45) is 0 Å². The van der Waals surface area contributed by atoms with Gasteiger partial charge < -0.3 is 10.1 Å². The van der Waals surface area contributed by atoms with Crippen LogP contribution >= 0.6 is 23.2 Å². The second-order valence-corrected chi connectivity index (χ2v) is 5.07. The van der Waals surface area contributed by atoms with Gasteiger partial charge in [0.2, 0.25) is 0 Å². The number of hydrogen-bond acceptors (Lipinski definition) is 3. The Morgan fingerprint density at radius 1 is 1.00 bits per heavy atom. The molecular weight excluding hydrogens is 327 g/mol. The number of methoxy groups -OCH3 is 1. The van der Waals surface area contributed by atoms with Crippen LogP contribution < -0.4 is 10.6 Å². The molecule has 0 atom stereocenters. The van der Waals surface area contributed by atoms with Gasteiger partial charge in [0.15, 0.2) is 0 Å². The van der Waals surface area contributed by atoms with Crippen molar-refractivity contribution in [1.29, 1.82) is 0 Å². The molecule has 2 aromatic carbocycles. The highest BCUT2D eigenvalue weighted by atomic mass is 35.5. The average molecular weight is 339 g/mol. The van der Waals surface area contributed by atoms with Gasteiger partial charge in [-0.1, -0.05) is 41.4 Å². The fourth-order valence-electron chi connectivity index (χ4n) is 1.71. The van der Waals surface area contributed by atoms with Crippen molar-refractivity contribution in [2.45, 2.75) is 0 Å². The van der Waals surface area contributed by atoms with Gasteiger partial charge in [-0.25, -0.2) is 4.79 Å². The predicted molar refractivity (Wildman–Crippen MR) is 86.9 cm³/mol. The summed E-state index contributed by atoms with van der Waals surface area (Å²) in [6.07, 6.45) is -0.645. The summed E-state index contributed by atoms with van der Waals surface area (Å²) in [7, 11) is 1.24. The molecule has 0 aliphatic rings. The number of halogens is 2. The minimum atomic E-state index is -0.645. The highest BCUT2D eigenvalue weighted by molar-refractivity contribution is 6.40. The predicted octanol–water partition coefficient (Wildman–Crippen LogP) is 4.42. The largest absolute Gasteiger partial charge is 0.453 e. The van der Waals surface area contributed by atoms with Gasteiger partial charge in [0, 0.05) is 11.3 Å². The van der Waals surface area contributed by atoms with Crippen LogP contribution in [0.2, 0.25) is 10.0 Å². The SMILES string of the molecule is COC(=O)Nc1cc(Cl)c(NC(=O)c2ccccc2)c(Cl)c1. The Morgan fingerprint density at radius 3 is 2.14 bits per heavy atom. The second kappa shape index (κ2) is 7.15. The summed E-state index contributed by atoms with van der Waals surface area (Å²) in [6, 6.07) is 11.6. The number of amides is 2. The molecule has 0 aliphatic heterocycles. The van der Waals surface area contributed by atoms with Gasteiger partial charge in [-0.2, -0.15) is 0 Å². The van der Waals surface area contributed by atoms with Crippen LogP contribution in [0.25, 0.3) is 0 Å². The highest BCUT2D eigenvalue weighted by Crippen LogP contribution is 2.34. The van der Waals surface area contributed by atoms with Crippen molar-refractivity contribution in [1.82, 2.24) is 0 Å². The molecule has 0 spiro atoms. The Labute approximate surface area is 137 Å². The van der Waals surface area contributed by atoms with Crippen LogP contribution in [0.15, 0.2) is 42.5 Å². The first-order chi connectivity index (χ1) is 10.5. The molecule has 0 aliphatic carbocycles. The average Bonchev–Trinajstić information content (AvgIpc) is 2.51. The number of rotatable bonds is 3. The van der Waals surface area contributed by atoms with Gasteiger partial charge in [0.05, 0.1) is 22.8 Å². The number of carbonyl (C=O) groups is 2. The van der Waals surface area contributed by atoms with E-state index in [1.165, 1.54) is 19.2 Å².